The first-order valence-electron chi connectivity index (χ1n) is 10.3. The van der Waals surface area contributed by atoms with Crippen molar-refractivity contribution in [2.45, 2.75) is 82.8 Å². The predicted molar refractivity (Wildman–Crippen MR) is 114 cm³/mol. The highest BCUT2D eigenvalue weighted by molar-refractivity contribution is 7.40. The topological polar surface area (TPSA) is 132 Å². The average Bonchev–Trinajstić information content (AvgIpc) is 3.29. The fourth-order valence-electron chi connectivity index (χ4n) is 3.54. The van der Waals surface area contributed by atoms with Gasteiger partial charge in [0.2, 0.25) is 0 Å². The largest absolute Gasteiger partial charge is 0.388 e. The second-order valence-electron chi connectivity index (χ2n) is 8.08. The maximum Gasteiger partial charge on any atom is 0.194 e. The van der Waals surface area contributed by atoms with E-state index in [-0.39, 0.29) is 5.66 Å². The van der Waals surface area contributed by atoms with E-state index in [1.54, 1.807) is 11.6 Å². The Labute approximate surface area is 176 Å². The lowest BCUT2D eigenvalue weighted by Crippen LogP contribution is -2.38. The van der Waals surface area contributed by atoms with Gasteiger partial charge in [-0.3, -0.25) is 9.13 Å². The molecule has 0 amide bonds. The maximum absolute atomic E-state index is 12.5. The Bertz CT molecular complexity index is 895. The zero-order valence-corrected chi connectivity index (χ0v) is 19.1. The Morgan fingerprint density at radius 1 is 1.33 bits per heavy atom. The molecule has 0 spiro atoms. The van der Waals surface area contributed by atoms with Crippen LogP contribution in [0.2, 0.25) is 0 Å². The number of nitrogens with one attached hydrogen (secondary N) is 1. The Hall–Kier alpha value is -1.58. The molecule has 2 aromatic rings. The van der Waals surface area contributed by atoms with E-state index in [1.807, 2.05) is 27.7 Å². The number of hydrogen-bond donors (Lipinski definition) is 3. The molecule has 168 valence electrons. The van der Waals surface area contributed by atoms with Crippen molar-refractivity contribution in [1.29, 1.82) is 0 Å². The molecule has 0 radical (unpaired) electrons. The third-order valence-electron chi connectivity index (χ3n) is 5.95. The van der Waals surface area contributed by atoms with Crippen LogP contribution in [0, 0.1) is 0 Å². The Morgan fingerprint density at radius 2 is 2.07 bits per heavy atom. The summed E-state index contributed by atoms with van der Waals surface area (Å²) in [6, 6.07) is 0. The first kappa shape index (κ1) is 23.1. The Balaban J connectivity index is 1.81. The van der Waals surface area contributed by atoms with Crippen molar-refractivity contribution in [1.82, 2.24) is 19.5 Å². The molecule has 0 saturated carbocycles. The highest BCUT2D eigenvalue weighted by Crippen LogP contribution is 2.43. The molecule has 0 aliphatic carbocycles. The molecule has 3 heterocycles. The molecule has 1 aliphatic rings. The minimum Gasteiger partial charge on any atom is -0.388 e. The van der Waals surface area contributed by atoms with Gasteiger partial charge in [0.05, 0.1) is 18.0 Å². The first-order valence-corrected chi connectivity index (χ1v) is 11.7. The number of aliphatic hydroxyl groups is 2. The SMILES string of the molecule is CCC(C)[PH](=O)O[C@@](C)(CC)C[C@H]1OC(n2cnc3c(NC)ncnc32)[C@H](O)[C@@H]1O. The van der Waals surface area contributed by atoms with Gasteiger partial charge in [0.25, 0.3) is 0 Å². The minimum absolute atomic E-state index is 0.0213. The Kier molecular flexibility index (Phi) is 7.14. The zero-order valence-electron chi connectivity index (χ0n) is 18.1. The monoisotopic (exact) mass is 441 g/mol. The molecule has 1 fully saturated rings. The van der Waals surface area contributed by atoms with Gasteiger partial charge in [0, 0.05) is 19.1 Å². The van der Waals surface area contributed by atoms with Gasteiger partial charge in [-0.15, -0.1) is 0 Å². The summed E-state index contributed by atoms with van der Waals surface area (Å²) in [5.74, 6) is 0.561. The van der Waals surface area contributed by atoms with E-state index in [0.717, 1.165) is 6.42 Å². The quantitative estimate of drug-likeness (QED) is 0.502. The molecule has 3 unspecified atom stereocenters. The van der Waals surface area contributed by atoms with Gasteiger partial charge in [0.1, 0.15) is 24.1 Å². The van der Waals surface area contributed by atoms with E-state index in [2.05, 4.69) is 20.3 Å². The summed E-state index contributed by atoms with van der Waals surface area (Å²) in [4.78, 5) is 12.7. The van der Waals surface area contributed by atoms with Crippen LogP contribution in [0.1, 0.15) is 53.2 Å². The molecule has 7 atom stereocenters. The van der Waals surface area contributed by atoms with Gasteiger partial charge >= 0.3 is 0 Å². The van der Waals surface area contributed by atoms with Crippen molar-refractivity contribution >= 4 is 25.0 Å². The van der Waals surface area contributed by atoms with Gasteiger partial charge in [-0.05, 0) is 19.8 Å². The molecule has 0 aromatic carbocycles. The summed E-state index contributed by atoms with van der Waals surface area (Å²) < 4.78 is 26.1. The van der Waals surface area contributed by atoms with Gasteiger partial charge in [0.15, 0.2) is 25.7 Å². The number of aromatic nitrogens is 4. The summed E-state index contributed by atoms with van der Waals surface area (Å²) in [6.45, 7) is 7.69. The lowest BCUT2D eigenvalue weighted by atomic mass is 9.93. The van der Waals surface area contributed by atoms with Crippen molar-refractivity contribution in [3.8, 4) is 0 Å². The van der Waals surface area contributed by atoms with Gasteiger partial charge in [-0.25, -0.2) is 15.0 Å². The van der Waals surface area contributed by atoms with Crippen molar-refractivity contribution in [3.63, 3.8) is 0 Å². The van der Waals surface area contributed by atoms with E-state index in [9.17, 15) is 14.8 Å². The second-order valence-corrected chi connectivity index (χ2v) is 9.91. The molecule has 3 rings (SSSR count). The first-order chi connectivity index (χ1) is 14.2. The second kappa shape index (κ2) is 9.28. The number of anilines is 1. The maximum atomic E-state index is 12.5. The highest BCUT2D eigenvalue weighted by Gasteiger charge is 2.47. The molecule has 2 aromatic heterocycles. The molecule has 3 N–H and O–H groups in total. The van der Waals surface area contributed by atoms with Crippen LogP contribution in [-0.2, 0) is 13.8 Å². The van der Waals surface area contributed by atoms with Crippen LogP contribution in [0.5, 0.6) is 0 Å². The number of hydrogen-bond acceptors (Lipinski definition) is 9. The number of ether oxygens (including phenoxy) is 1. The van der Waals surface area contributed by atoms with Crippen LogP contribution in [-0.4, -0.2) is 66.4 Å². The summed E-state index contributed by atoms with van der Waals surface area (Å²) >= 11 is 0. The molecule has 10 nitrogen and oxygen atoms in total. The van der Waals surface area contributed by atoms with Crippen LogP contribution >= 0.6 is 8.03 Å². The van der Waals surface area contributed by atoms with Crippen molar-refractivity contribution in [3.05, 3.63) is 12.7 Å². The van der Waals surface area contributed by atoms with E-state index < -0.39 is 38.2 Å². The molecule has 30 heavy (non-hydrogen) atoms. The molecule has 0 bridgehead atoms. The van der Waals surface area contributed by atoms with E-state index in [1.165, 1.54) is 12.7 Å². The molecule has 1 saturated heterocycles. The summed E-state index contributed by atoms with van der Waals surface area (Å²) in [6.07, 6.45) is 0.731. The van der Waals surface area contributed by atoms with Crippen molar-refractivity contribution in [2.75, 3.05) is 12.4 Å². The summed E-state index contributed by atoms with van der Waals surface area (Å²) in [5, 5.41) is 24.3. The number of aliphatic hydroxyl groups excluding tert-OH is 2. The number of imidazole rings is 1. The van der Waals surface area contributed by atoms with Crippen LogP contribution in [0.25, 0.3) is 11.2 Å². The van der Waals surface area contributed by atoms with Crippen LogP contribution in [0.4, 0.5) is 5.82 Å². The average molecular weight is 441 g/mol. The number of rotatable bonds is 9. The van der Waals surface area contributed by atoms with Crippen LogP contribution in [0.3, 0.4) is 0 Å². The van der Waals surface area contributed by atoms with E-state index in [4.69, 9.17) is 9.26 Å². The fraction of sp³-hybridized carbons (Fsp3) is 0.737. The van der Waals surface area contributed by atoms with Crippen LogP contribution < -0.4 is 5.32 Å². The summed E-state index contributed by atoms with van der Waals surface area (Å²) in [5.41, 5.74) is 0.273. The lowest BCUT2D eigenvalue weighted by molar-refractivity contribution is -0.0621. The highest BCUT2D eigenvalue weighted by atomic mass is 31.1. The minimum atomic E-state index is -2.24. The third-order valence-corrected chi connectivity index (χ3v) is 7.86. The van der Waals surface area contributed by atoms with Gasteiger partial charge in [-0.1, -0.05) is 20.8 Å². The lowest BCUT2D eigenvalue weighted by Gasteiger charge is -2.32. The fourth-order valence-corrected chi connectivity index (χ4v) is 4.79. The third kappa shape index (κ3) is 4.38. The summed E-state index contributed by atoms with van der Waals surface area (Å²) in [7, 11) is -0.505. The molecular weight excluding hydrogens is 409 g/mol. The van der Waals surface area contributed by atoms with Gasteiger partial charge < -0.3 is 24.8 Å². The van der Waals surface area contributed by atoms with E-state index >= 15 is 0 Å². The molecule has 11 heteroatoms. The van der Waals surface area contributed by atoms with E-state index in [0.29, 0.717) is 29.8 Å². The normalized spacial score (nSPS) is 28.4. The predicted octanol–water partition coefficient (Wildman–Crippen LogP) is 2.34. The molecular formula is C19H32N5O5P. The molecule has 1 aliphatic heterocycles. The van der Waals surface area contributed by atoms with Crippen LogP contribution in [0.15, 0.2) is 12.7 Å². The number of nitrogens with zero attached hydrogens (tertiary/aromatic N) is 4. The Morgan fingerprint density at radius 3 is 2.70 bits per heavy atom. The zero-order chi connectivity index (χ0) is 22.1. The standard InChI is InChI=1S/C19H32N5O5P/c1-6-11(3)30(27)29-19(4,7-2)8-12-14(25)15(26)18(28-12)24-10-23-13-16(20-5)21-9-22-17(13)24/h9-12,14-15,18,25-26,30H,6-8H2,1-5H3,(H,20,21,22)/t11?,12-,14-,15-,18?,19+/m1/s1. The number of fused-ring (bicyclic) bond motifs is 1. The van der Waals surface area contributed by atoms with Crippen molar-refractivity contribution < 1.29 is 24.0 Å². The van der Waals surface area contributed by atoms with Crippen molar-refractivity contribution in [2.24, 2.45) is 0 Å². The smallest absolute Gasteiger partial charge is 0.194 e. The van der Waals surface area contributed by atoms with Gasteiger partial charge in [-0.2, -0.15) is 0 Å².